The number of benzene rings is 13. The Balaban J connectivity index is 0.000000136. The van der Waals surface area contributed by atoms with Crippen molar-refractivity contribution in [2.24, 2.45) is 0 Å². The quantitative estimate of drug-likeness (QED) is 0.154. The van der Waals surface area contributed by atoms with Gasteiger partial charge in [-0.25, -0.2) is 0 Å². The molecule has 10 heteroatoms. The minimum absolute atomic E-state index is 0.0384. The maximum atomic E-state index is 6.15. The van der Waals surface area contributed by atoms with Crippen molar-refractivity contribution in [3.05, 3.63) is 350 Å². The Morgan fingerprint density at radius 3 is 0.576 bits per heavy atom. The van der Waals surface area contributed by atoms with E-state index in [1.807, 2.05) is 0 Å². The normalized spacial score (nSPS) is 19.0. The van der Waals surface area contributed by atoms with Gasteiger partial charge in [-0.2, -0.15) is 0 Å². The molecular weight excluding hydrogens is 1500 g/mol. The summed E-state index contributed by atoms with van der Waals surface area (Å²) in [5, 5.41) is 0. The highest BCUT2D eigenvalue weighted by atomic mass is 79.9. The SMILES string of the molecule is CC1(C)OB(c2ccc(-c3ccc(B4OC(C)(C)C(C)(C)O4)cc3)cc2)OC1(C)C.CC1(C)c2ccccc2N2c3ccccc3C(C)(C)c3cc(-c4ccc(-c5ccc(-c6cc7c8c(c6)C(C)(C)c6ccccc6N8c6ccccc6C7(C)C)cc5)cc4)cc1c32.CC1(C)c2ccccc2N2c3ccccc3C(C)(C)c3cc(Br)cc1c32. The van der Waals surface area contributed by atoms with E-state index in [-0.39, 0.29) is 69.1 Å². The van der Waals surface area contributed by atoms with Gasteiger partial charge < -0.3 is 33.3 Å². The van der Waals surface area contributed by atoms with Crippen LogP contribution >= 0.6 is 15.9 Å². The number of hydrogen-bond donors (Lipinski definition) is 0. The van der Waals surface area contributed by atoms with E-state index in [1.165, 1.54) is 151 Å². The third-order valence-corrected chi connectivity index (χ3v) is 29.3. The molecule has 2 fully saturated rings. The summed E-state index contributed by atoms with van der Waals surface area (Å²) in [6.07, 6.45) is 0. The molecule has 0 amide bonds. The summed E-state index contributed by atoms with van der Waals surface area (Å²) in [5.74, 6) is 0. The molecule has 0 aromatic heterocycles. The molecule has 2 saturated heterocycles. The summed E-state index contributed by atoms with van der Waals surface area (Å²) >= 11 is 3.79. The molecule has 0 aliphatic carbocycles. The van der Waals surface area contributed by atoms with Crippen LogP contribution < -0.4 is 25.6 Å². The molecule has 21 rings (SSSR count). The van der Waals surface area contributed by atoms with Gasteiger partial charge in [-0.05, 0) is 250 Å². The van der Waals surface area contributed by atoms with Crippen LogP contribution in [-0.4, -0.2) is 36.6 Å². The second-order valence-corrected chi connectivity index (χ2v) is 40.0. The number of anilines is 9. The molecule has 590 valence electrons. The lowest BCUT2D eigenvalue weighted by atomic mass is 9.65. The Morgan fingerprint density at radius 1 is 0.203 bits per heavy atom. The highest BCUT2D eigenvalue weighted by molar-refractivity contribution is 9.10. The third-order valence-electron chi connectivity index (χ3n) is 28.9. The fraction of sp³-hybridized carbons (Fsp3) is 0.278. The van der Waals surface area contributed by atoms with Crippen LogP contribution in [0.15, 0.2) is 284 Å². The van der Waals surface area contributed by atoms with Crippen molar-refractivity contribution in [3.63, 3.8) is 0 Å². The van der Waals surface area contributed by atoms with Crippen LogP contribution in [0.5, 0.6) is 0 Å². The van der Waals surface area contributed by atoms with Crippen LogP contribution in [0.2, 0.25) is 0 Å². The predicted molar refractivity (Wildman–Crippen MR) is 497 cm³/mol. The van der Waals surface area contributed by atoms with Gasteiger partial charge in [-0.1, -0.05) is 305 Å². The zero-order valence-corrected chi connectivity index (χ0v) is 73.7. The third kappa shape index (κ3) is 11.8. The van der Waals surface area contributed by atoms with Crippen molar-refractivity contribution in [1.29, 1.82) is 0 Å². The van der Waals surface area contributed by atoms with Gasteiger partial charge in [0.2, 0.25) is 0 Å². The highest BCUT2D eigenvalue weighted by Crippen LogP contribution is 2.65. The van der Waals surface area contributed by atoms with Crippen molar-refractivity contribution in [1.82, 2.24) is 0 Å². The fourth-order valence-corrected chi connectivity index (χ4v) is 20.7. The van der Waals surface area contributed by atoms with Crippen LogP contribution in [0, 0.1) is 0 Å². The van der Waals surface area contributed by atoms with Gasteiger partial charge in [-0.3, -0.25) is 0 Å². The monoisotopic (exact) mass is 1610 g/mol. The second kappa shape index (κ2) is 26.9. The topological polar surface area (TPSA) is 46.6 Å². The first-order valence-corrected chi connectivity index (χ1v) is 43.0. The molecule has 0 atom stereocenters. The zero-order chi connectivity index (χ0) is 82.7. The first kappa shape index (κ1) is 77.6. The summed E-state index contributed by atoms with van der Waals surface area (Å²) < 4.78 is 25.8. The van der Waals surface area contributed by atoms with Crippen molar-refractivity contribution in [2.45, 2.75) is 193 Å². The van der Waals surface area contributed by atoms with Crippen molar-refractivity contribution >= 4 is 92.3 Å². The standard InChI is InChI=1S/C60H52N2.C24H32B2O4.C24H22BrN/c1-57(2)43-17-9-13-21-51(43)61-52-22-14-10-18-44(52)58(3,4)48-34-41(33-47(57)55(48)61)39-29-25-37(26-30-39)38-27-31-40(32-28-38)42-35-49-56-50(36-42)60(7,8)46-20-12-16-24-54(46)62(56)53-23-15-11-19-45(53)59(49,5)6;1-21(2)22(3,4)28-25(27-21)19-13-9-17(10-14-19)18-11-15-20(16-12-18)26-29-23(5,6)24(7,8)30-26;1-23(2)16-9-5-7-11-20(16)26-21-12-8-6-10-17(21)24(3,4)19-14-15(25)13-18(23)22(19)26/h9-36H,1-8H3;9-16H,1-8H3;5-14H,1-4H3. The molecule has 7 nitrogen and oxygen atoms in total. The van der Waals surface area contributed by atoms with E-state index >= 15 is 0 Å². The average molecular weight is 1610 g/mol. The molecule has 0 bridgehead atoms. The van der Waals surface area contributed by atoms with Crippen molar-refractivity contribution in [3.8, 4) is 44.5 Å². The molecular formula is C108H106B2BrN3O4. The summed E-state index contributed by atoms with van der Waals surface area (Å²) in [5.41, 5.74) is 38.1. The van der Waals surface area contributed by atoms with E-state index in [2.05, 4.69) is 448 Å². The molecule has 8 aliphatic heterocycles. The fourth-order valence-electron chi connectivity index (χ4n) is 20.3. The van der Waals surface area contributed by atoms with E-state index in [9.17, 15) is 0 Å². The van der Waals surface area contributed by atoms with Crippen LogP contribution in [-0.2, 0) is 51.1 Å². The van der Waals surface area contributed by atoms with Gasteiger partial charge in [0, 0.05) is 37.0 Å². The minimum atomic E-state index is -0.338. The summed E-state index contributed by atoms with van der Waals surface area (Å²) in [7, 11) is -0.676. The summed E-state index contributed by atoms with van der Waals surface area (Å²) in [6.45, 7) is 45.2. The van der Waals surface area contributed by atoms with E-state index in [0.29, 0.717) is 0 Å². The lowest BCUT2D eigenvalue weighted by Crippen LogP contribution is -2.41. The molecule has 8 aliphatic rings. The number of nitrogens with zero attached hydrogens (tertiary/aromatic N) is 3. The number of halogens is 1. The lowest BCUT2D eigenvalue weighted by molar-refractivity contribution is 0.00578. The van der Waals surface area contributed by atoms with Gasteiger partial charge in [0.25, 0.3) is 0 Å². The molecule has 0 radical (unpaired) electrons. The molecule has 0 N–H and O–H groups in total. The first-order valence-electron chi connectivity index (χ1n) is 42.3. The van der Waals surface area contributed by atoms with Crippen LogP contribution in [0.4, 0.5) is 51.2 Å². The Kier molecular flexibility index (Phi) is 17.7. The maximum Gasteiger partial charge on any atom is 0.494 e. The van der Waals surface area contributed by atoms with Crippen LogP contribution in [0.25, 0.3) is 44.5 Å². The molecule has 13 aromatic rings. The van der Waals surface area contributed by atoms with Crippen LogP contribution in [0.1, 0.15) is 205 Å². The molecule has 0 spiro atoms. The Bertz CT molecular complexity index is 5680. The van der Waals surface area contributed by atoms with Gasteiger partial charge >= 0.3 is 14.2 Å². The smallest absolute Gasteiger partial charge is 0.399 e. The maximum absolute atomic E-state index is 6.15. The van der Waals surface area contributed by atoms with Crippen molar-refractivity contribution in [2.75, 3.05) is 14.7 Å². The number of hydrogen-bond acceptors (Lipinski definition) is 7. The lowest BCUT2D eigenvalue weighted by Gasteiger charge is -2.49. The van der Waals surface area contributed by atoms with Gasteiger partial charge in [0.15, 0.2) is 0 Å². The van der Waals surface area contributed by atoms with E-state index in [1.54, 1.807) is 0 Å². The minimum Gasteiger partial charge on any atom is -0.399 e. The van der Waals surface area contributed by atoms with E-state index in [4.69, 9.17) is 18.6 Å². The second-order valence-electron chi connectivity index (χ2n) is 39.1. The molecule has 0 unspecified atom stereocenters. The Hall–Kier alpha value is -10.3. The Morgan fingerprint density at radius 2 is 0.373 bits per heavy atom. The molecule has 8 heterocycles. The number of para-hydroxylation sites is 6. The van der Waals surface area contributed by atoms with Gasteiger partial charge in [-0.15, -0.1) is 0 Å². The zero-order valence-electron chi connectivity index (χ0n) is 72.1. The van der Waals surface area contributed by atoms with Crippen molar-refractivity contribution < 1.29 is 18.6 Å². The predicted octanol–water partition coefficient (Wildman–Crippen LogP) is 27.3. The van der Waals surface area contributed by atoms with Gasteiger partial charge in [0.05, 0.1) is 73.6 Å². The van der Waals surface area contributed by atoms with E-state index < -0.39 is 0 Å². The van der Waals surface area contributed by atoms with Crippen LogP contribution in [0.3, 0.4) is 0 Å². The van der Waals surface area contributed by atoms with Gasteiger partial charge in [0.1, 0.15) is 0 Å². The Labute approximate surface area is 708 Å². The largest absolute Gasteiger partial charge is 0.494 e. The summed E-state index contributed by atoms with van der Waals surface area (Å²) in [4.78, 5) is 7.56. The average Bonchev–Trinajstić information content (AvgIpc) is 0.997. The van der Waals surface area contributed by atoms with E-state index in [0.717, 1.165) is 26.5 Å². The number of fused-ring (bicyclic) bond motifs is 12. The summed E-state index contributed by atoms with van der Waals surface area (Å²) in [6, 6.07) is 104. The molecule has 0 saturated carbocycles. The highest BCUT2D eigenvalue weighted by Gasteiger charge is 2.55. The number of rotatable bonds is 6. The first-order chi connectivity index (χ1) is 55.9. The molecule has 13 aromatic carbocycles. The molecule has 118 heavy (non-hydrogen) atoms.